The van der Waals surface area contributed by atoms with E-state index in [0.29, 0.717) is 0 Å². The molecule has 2 N–H and O–H groups in total. The van der Waals surface area contributed by atoms with Gasteiger partial charge in [0.25, 0.3) is 0 Å². The van der Waals surface area contributed by atoms with Crippen LogP contribution in [-0.2, 0) is 19.3 Å². The average Bonchev–Trinajstić information content (AvgIpc) is 2.97. The molecule has 3 rings (SSSR count). The highest BCUT2D eigenvalue weighted by molar-refractivity contribution is 7.07. The molecule has 0 spiro atoms. The highest BCUT2D eigenvalue weighted by atomic mass is 32.1. The third kappa shape index (κ3) is 2.28. The second kappa shape index (κ2) is 4.63. The van der Waals surface area contributed by atoms with Crippen molar-refractivity contribution in [2.45, 2.75) is 31.7 Å². The second-order valence-electron chi connectivity index (χ2n) is 4.82. The van der Waals surface area contributed by atoms with E-state index in [4.69, 9.17) is 5.73 Å². The van der Waals surface area contributed by atoms with Crippen molar-refractivity contribution >= 4 is 11.3 Å². The van der Waals surface area contributed by atoms with E-state index >= 15 is 0 Å². The molecule has 2 heteroatoms. The van der Waals surface area contributed by atoms with Crippen molar-refractivity contribution in [2.24, 2.45) is 5.73 Å². The normalized spacial score (nSPS) is 15.8. The van der Waals surface area contributed by atoms with Crippen LogP contribution in [0.2, 0.25) is 0 Å². The Morgan fingerprint density at radius 3 is 2.88 bits per heavy atom. The quantitative estimate of drug-likeness (QED) is 0.877. The second-order valence-corrected chi connectivity index (χ2v) is 5.60. The summed E-state index contributed by atoms with van der Waals surface area (Å²) >= 11 is 1.74. The molecule has 2 aromatic rings. The van der Waals surface area contributed by atoms with Crippen LogP contribution in [0.5, 0.6) is 0 Å². The average molecular weight is 243 g/mol. The fourth-order valence-corrected chi connectivity index (χ4v) is 3.28. The molecular weight excluding hydrogens is 226 g/mol. The van der Waals surface area contributed by atoms with Gasteiger partial charge < -0.3 is 5.73 Å². The van der Waals surface area contributed by atoms with Gasteiger partial charge in [-0.1, -0.05) is 18.2 Å². The molecule has 0 radical (unpaired) electrons. The van der Waals surface area contributed by atoms with Gasteiger partial charge in [-0.15, -0.1) is 0 Å². The molecule has 0 saturated heterocycles. The van der Waals surface area contributed by atoms with Crippen molar-refractivity contribution in [3.63, 3.8) is 0 Å². The van der Waals surface area contributed by atoms with E-state index in [1.165, 1.54) is 41.5 Å². The van der Waals surface area contributed by atoms with Crippen LogP contribution in [0.4, 0.5) is 0 Å². The maximum absolute atomic E-state index is 6.28. The summed E-state index contributed by atoms with van der Waals surface area (Å²) < 4.78 is 0. The lowest BCUT2D eigenvalue weighted by Gasteiger charge is -2.12. The summed E-state index contributed by atoms with van der Waals surface area (Å²) in [6, 6.07) is 9.10. The van der Waals surface area contributed by atoms with Crippen molar-refractivity contribution in [1.29, 1.82) is 0 Å². The number of nitrogens with two attached hydrogens (primary N) is 1. The molecule has 17 heavy (non-hydrogen) atoms. The van der Waals surface area contributed by atoms with Crippen LogP contribution in [0.15, 0.2) is 35.0 Å². The fraction of sp³-hybridized carbons (Fsp3) is 0.333. The Labute approximate surface area is 106 Å². The van der Waals surface area contributed by atoms with Crippen LogP contribution in [0.25, 0.3) is 0 Å². The molecule has 0 amide bonds. The van der Waals surface area contributed by atoms with Crippen molar-refractivity contribution in [1.82, 2.24) is 0 Å². The fourth-order valence-electron chi connectivity index (χ4n) is 2.60. The maximum atomic E-state index is 6.28. The Kier molecular flexibility index (Phi) is 3.00. The molecule has 0 saturated carbocycles. The van der Waals surface area contributed by atoms with Crippen molar-refractivity contribution < 1.29 is 0 Å². The van der Waals surface area contributed by atoms with Crippen molar-refractivity contribution in [3.05, 3.63) is 57.3 Å². The largest absolute Gasteiger partial charge is 0.324 e. The van der Waals surface area contributed by atoms with Gasteiger partial charge in [-0.05, 0) is 64.8 Å². The van der Waals surface area contributed by atoms with Crippen molar-refractivity contribution in [3.8, 4) is 0 Å². The van der Waals surface area contributed by atoms with Gasteiger partial charge in [0.05, 0.1) is 0 Å². The Morgan fingerprint density at radius 2 is 2.06 bits per heavy atom. The third-order valence-corrected chi connectivity index (χ3v) is 4.32. The SMILES string of the molecule is NC(Cc1ccsc1)c1ccc2c(c1)CCC2. The predicted octanol–water partition coefficient (Wildman–Crippen LogP) is 3.48. The molecule has 88 valence electrons. The van der Waals surface area contributed by atoms with E-state index in [1.807, 2.05) is 0 Å². The zero-order valence-corrected chi connectivity index (χ0v) is 10.7. The lowest BCUT2D eigenvalue weighted by atomic mass is 9.98. The van der Waals surface area contributed by atoms with Gasteiger partial charge in [0.15, 0.2) is 0 Å². The molecule has 1 aliphatic rings. The topological polar surface area (TPSA) is 26.0 Å². The van der Waals surface area contributed by atoms with E-state index in [1.54, 1.807) is 11.3 Å². The first-order chi connectivity index (χ1) is 8.33. The van der Waals surface area contributed by atoms with E-state index < -0.39 is 0 Å². The summed E-state index contributed by atoms with van der Waals surface area (Å²) in [5.74, 6) is 0. The molecule has 0 bridgehead atoms. The number of hydrogen-bond acceptors (Lipinski definition) is 2. The van der Waals surface area contributed by atoms with Crippen LogP contribution in [0.1, 0.15) is 34.7 Å². The monoisotopic (exact) mass is 243 g/mol. The van der Waals surface area contributed by atoms with Gasteiger partial charge in [-0.2, -0.15) is 11.3 Å². The molecule has 0 fully saturated rings. The molecule has 1 aliphatic carbocycles. The number of aryl methyl sites for hydroxylation is 2. The maximum Gasteiger partial charge on any atom is 0.0336 e. The summed E-state index contributed by atoms with van der Waals surface area (Å²) in [7, 11) is 0. The summed E-state index contributed by atoms with van der Waals surface area (Å²) in [6.07, 6.45) is 4.73. The predicted molar refractivity (Wildman–Crippen MR) is 73.4 cm³/mol. The van der Waals surface area contributed by atoms with Gasteiger partial charge in [-0.3, -0.25) is 0 Å². The number of fused-ring (bicyclic) bond motifs is 1. The van der Waals surface area contributed by atoms with Crippen LogP contribution in [0.3, 0.4) is 0 Å². The number of benzene rings is 1. The van der Waals surface area contributed by atoms with E-state index in [9.17, 15) is 0 Å². The summed E-state index contributed by atoms with van der Waals surface area (Å²) in [5, 5.41) is 4.30. The van der Waals surface area contributed by atoms with Gasteiger partial charge in [0.1, 0.15) is 0 Å². The smallest absolute Gasteiger partial charge is 0.0336 e. The molecule has 1 heterocycles. The molecular formula is C15H17NS. The van der Waals surface area contributed by atoms with E-state index in [-0.39, 0.29) is 6.04 Å². The highest BCUT2D eigenvalue weighted by Gasteiger charge is 2.14. The molecule has 1 unspecified atom stereocenters. The lowest BCUT2D eigenvalue weighted by molar-refractivity contribution is 0.722. The van der Waals surface area contributed by atoms with Gasteiger partial charge in [0.2, 0.25) is 0 Å². The highest BCUT2D eigenvalue weighted by Crippen LogP contribution is 2.26. The molecule has 1 aromatic heterocycles. The minimum atomic E-state index is 0.135. The van der Waals surface area contributed by atoms with E-state index in [0.717, 1.165) is 6.42 Å². The Bertz CT molecular complexity index is 502. The molecule has 1 nitrogen and oxygen atoms in total. The molecule has 1 atom stereocenters. The Morgan fingerprint density at radius 1 is 1.18 bits per heavy atom. The summed E-state index contributed by atoms with van der Waals surface area (Å²) in [4.78, 5) is 0. The first kappa shape index (κ1) is 11.0. The zero-order valence-electron chi connectivity index (χ0n) is 9.86. The van der Waals surface area contributed by atoms with Gasteiger partial charge in [0, 0.05) is 6.04 Å². The van der Waals surface area contributed by atoms with Crippen LogP contribution in [0, 0.1) is 0 Å². The summed E-state index contributed by atoms with van der Waals surface area (Å²) in [6.45, 7) is 0. The van der Waals surface area contributed by atoms with Gasteiger partial charge >= 0.3 is 0 Å². The van der Waals surface area contributed by atoms with Crippen LogP contribution >= 0.6 is 11.3 Å². The third-order valence-electron chi connectivity index (χ3n) is 3.59. The zero-order chi connectivity index (χ0) is 11.7. The van der Waals surface area contributed by atoms with Crippen LogP contribution in [-0.4, -0.2) is 0 Å². The number of thiophene rings is 1. The van der Waals surface area contributed by atoms with E-state index in [2.05, 4.69) is 35.0 Å². The molecule has 1 aromatic carbocycles. The Balaban J connectivity index is 1.79. The van der Waals surface area contributed by atoms with Crippen molar-refractivity contribution in [2.75, 3.05) is 0 Å². The Hall–Kier alpha value is -1.12. The van der Waals surface area contributed by atoms with Gasteiger partial charge in [-0.25, -0.2) is 0 Å². The number of rotatable bonds is 3. The summed E-state index contributed by atoms with van der Waals surface area (Å²) in [5.41, 5.74) is 12.0. The first-order valence-corrected chi connectivity index (χ1v) is 7.15. The minimum absolute atomic E-state index is 0.135. The standard InChI is InChI=1S/C15H17NS/c16-15(8-11-6-7-17-10-11)14-5-4-12-2-1-3-13(12)9-14/h4-7,9-10,15H,1-3,8,16H2. The van der Waals surface area contributed by atoms with Crippen LogP contribution < -0.4 is 5.73 Å². The first-order valence-electron chi connectivity index (χ1n) is 6.21. The number of hydrogen-bond donors (Lipinski definition) is 1. The lowest BCUT2D eigenvalue weighted by Crippen LogP contribution is -2.13. The molecule has 0 aliphatic heterocycles. The minimum Gasteiger partial charge on any atom is -0.324 e.